The van der Waals surface area contributed by atoms with Crippen molar-refractivity contribution in [2.45, 2.75) is 20.5 Å². The van der Waals surface area contributed by atoms with Gasteiger partial charge in [0.2, 0.25) is 5.88 Å². The number of ether oxygens (including phenoxy) is 1. The molecule has 2 heteroatoms. The zero-order valence-corrected chi connectivity index (χ0v) is 9.60. The largest absolute Gasteiger partial charge is 0.473 e. The lowest BCUT2D eigenvalue weighted by Gasteiger charge is -2.05. The van der Waals surface area contributed by atoms with Crippen LogP contribution in [0, 0.1) is 13.8 Å². The minimum absolute atomic E-state index is 0.566. The fourth-order valence-corrected chi connectivity index (χ4v) is 1.43. The third kappa shape index (κ3) is 2.83. The van der Waals surface area contributed by atoms with Gasteiger partial charge in [-0.05, 0) is 31.0 Å². The van der Waals surface area contributed by atoms with Crippen LogP contribution in [0.25, 0.3) is 0 Å². The van der Waals surface area contributed by atoms with Gasteiger partial charge in [-0.15, -0.1) is 0 Å². The maximum absolute atomic E-state index is 5.60. The van der Waals surface area contributed by atoms with Crippen molar-refractivity contribution in [1.82, 2.24) is 4.98 Å². The highest BCUT2D eigenvalue weighted by molar-refractivity contribution is 5.22. The van der Waals surface area contributed by atoms with Crippen LogP contribution in [0.3, 0.4) is 0 Å². The number of hydrogen-bond donors (Lipinski definition) is 0. The maximum Gasteiger partial charge on any atom is 0.213 e. The van der Waals surface area contributed by atoms with Crippen LogP contribution in [0.15, 0.2) is 42.6 Å². The summed E-state index contributed by atoms with van der Waals surface area (Å²) in [5, 5.41) is 0. The second-order valence-corrected chi connectivity index (χ2v) is 3.95. The van der Waals surface area contributed by atoms with Crippen molar-refractivity contribution in [1.29, 1.82) is 0 Å². The lowest BCUT2D eigenvalue weighted by molar-refractivity contribution is 0.293. The Balaban J connectivity index is 1.99. The van der Waals surface area contributed by atoms with E-state index >= 15 is 0 Å². The molecule has 0 atom stereocenters. The van der Waals surface area contributed by atoms with Crippen LogP contribution in [0.5, 0.6) is 5.88 Å². The van der Waals surface area contributed by atoms with Crippen molar-refractivity contribution in [3.8, 4) is 5.88 Å². The zero-order chi connectivity index (χ0) is 11.4. The predicted molar refractivity (Wildman–Crippen MR) is 64.5 cm³/mol. The first-order valence-corrected chi connectivity index (χ1v) is 5.35. The summed E-state index contributed by atoms with van der Waals surface area (Å²) in [5.41, 5.74) is 3.58. The third-order valence-electron chi connectivity index (χ3n) is 2.40. The summed E-state index contributed by atoms with van der Waals surface area (Å²) >= 11 is 0. The summed E-state index contributed by atoms with van der Waals surface area (Å²) in [4.78, 5) is 4.15. The number of rotatable bonds is 3. The van der Waals surface area contributed by atoms with E-state index in [1.807, 2.05) is 19.1 Å². The highest BCUT2D eigenvalue weighted by Gasteiger charge is 1.97. The molecule has 1 aromatic heterocycles. The molecule has 0 saturated carbocycles. The molecule has 0 amide bonds. The van der Waals surface area contributed by atoms with Gasteiger partial charge in [0.15, 0.2) is 0 Å². The molecular formula is C14H15NO. The van der Waals surface area contributed by atoms with Crippen molar-refractivity contribution >= 4 is 0 Å². The van der Waals surface area contributed by atoms with Crippen LogP contribution in [-0.2, 0) is 6.61 Å². The van der Waals surface area contributed by atoms with E-state index in [9.17, 15) is 0 Å². The summed E-state index contributed by atoms with van der Waals surface area (Å²) in [7, 11) is 0. The molecule has 0 radical (unpaired) electrons. The maximum atomic E-state index is 5.60. The molecule has 0 bridgehead atoms. The van der Waals surface area contributed by atoms with E-state index in [0.717, 1.165) is 11.1 Å². The Morgan fingerprint density at radius 3 is 2.44 bits per heavy atom. The monoisotopic (exact) mass is 213 g/mol. The molecule has 0 aliphatic heterocycles. The van der Waals surface area contributed by atoms with Gasteiger partial charge in [-0.1, -0.05) is 29.8 Å². The molecule has 2 rings (SSSR count). The molecule has 82 valence electrons. The van der Waals surface area contributed by atoms with E-state index in [-0.39, 0.29) is 0 Å². The highest BCUT2D eigenvalue weighted by Crippen LogP contribution is 2.11. The minimum Gasteiger partial charge on any atom is -0.473 e. The Kier molecular flexibility index (Phi) is 3.20. The molecule has 0 aliphatic rings. The number of hydrogen-bond acceptors (Lipinski definition) is 2. The van der Waals surface area contributed by atoms with Crippen LogP contribution in [0.1, 0.15) is 16.7 Å². The molecule has 2 nitrogen and oxygen atoms in total. The highest BCUT2D eigenvalue weighted by atomic mass is 16.5. The van der Waals surface area contributed by atoms with Gasteiger partial charge in [0, 0.05) is 12.3 Å². The van der Waals surface area contributed by atoms with Crippen molar-refractivity contribution < 1.29 is 4.74 Å². The molecule has 0 saturated heterocycles. The molecule has 1 heterocycles. The summed E-state index contributed by atoms with van der Waals surface area (Å²) in [6, 6.07) is 12.2. The zero-order valence-electron chi connectivity index (χ0n) is 9.60. The lowest BCUT2D eigenvalue weighted by atomic mass is 10.2. The van der Waals surface area contributed by atoms with Gasteiger partial charge in [-0.25, -0.2) is 4.98 Å². The topological polar surface area (TPSA) is 22.1 Å². The van der Waals surface area contributed by atoms with Crippen LogP contribution < -0.4 is 4.74 Å². The summed E-state index contributed by atoms with van der Waals surface area (Å²) < 4.78 is 5.60. The average molecular weight is 213 g/mol. The van der Waals surface area contributed by atoms with Gasteiger partial charge in [-0.2, -0.15) is 0 Å². The van der Waals surface area contributed by atoms with Gasteiger partial charge >= 0.3 is 0 Å². The van der Waals surface area contributed by atoms with E-state index in [2.05, 4.69) is 36.2 Å². The van der Waals surface area contributed by atoms with E-state index in [1.54, 1.807) is 6.20 Å². The van der Waals surface area contributed by atoms with E-state index in [0.29, 0.717) is 12.5 Å². The third-order valence-corrected chi connectivity index (χ3v) is 2.40. The smallest absolute Gasteiger partial charge is 0.213 e. The normalized spacial score (nSPS) is 10.1. The first-order chi connectivity index (χ1) is 7.74. The molecular weight excluding hydrogens is 198 g/mol. The fourth-order valence-electron chi connectivity index (χ4n) is 1.43. The predicted octanol–water partition coefficient (Wildman–Crippen LogP) is 3.28. The van der Waals surface area contributed by atoms with E-state index < -0.39 is 0 Å². The molecule has 0 unspecified atom stereocenters. The van der Waals surface area contributed by atoms with Gasteiger partial charge in [0.25, 0.3) is 0 Å². The number of benzene rings is 1. The van der Waals surface area contributed by atoms with E-state index in [1.165, 1.54) is 5.56 Å². The number of nitrogens with zero attached hydrogens (tertiary/aromatic N) is 1. The molecule has 0 N–H and O–H groups in total. The van der Waals surface area contributed by atoms with Crippen LogP contribution in [0.4, 0.5) is 0 Å². The molecule has 0 spiro atoms. The van der Waals surface area contributed by atoms with Crippen molar-refractivity contribution in [3.63, 3.8) is 0 Å². The fraction of sp³-hybridized carbons (Fsp3) is 0.214. The number of aromatic nitrogens is 1. The Bertz CT molecular complexity index is 462. The quantitative estimate of drug-likeness (QED) is 0.780. The average Bonchev–Trinajstić information content (AvgIpc) is 2.28. The standard InChI is InChI=1S/C14H15NO/c1-11-3-5-13(6-4-11)10-16-14-9-12(2)7-8-15-14/h3-9H,10H2,1-2H3. The Morgan fingerprint density at radius 2 is 1.75 bits per heavy atom. The van der Waals surface area contributed by atoms with Crippen molar-refractivity contribution in [3.05, 3.63) is 59.3 Å². The second kappa shape index (κ2) is 4.79. The Labute approximate surface area is 95.9 Å². The number of pyridine rings is 1. The first kappa shape index (κ1) is 10.7. The van der Waals surface area contributed by atoms with Crippen LogP contribution in [0.2, 0.25) is 0 Å². The van der Waals surface area contributed by atoms with E-state index in [4.69, 9.17) is 4.74 Å². The number of aryl methyl sites for hydroxylation is 2. The summed E-state index contributed by atoms with van der Waals surface area (Å²) in [6.45, 7) is 4.67. The first-order valence-electron chi connectivity index (χ1n) is 5.35. The summed E-state index contributed by atoms with van der Waals surface area (Å²) in [6.07, 6.45) is 1.76. The molecule has 0 fully saturated rings. The van der Waals surface area contributed by atoms with Gasteiger partial charge in [-0.3, -0.25) is 0 Å². The Morgan fingerprint density at radius 1 is 1.00 bits per heavy atom. The molecule has 1 aromatic carbocycles. The molecule has 16 heavy (non-hydrogen) atoms. The Hall–Kier alpha value is -1.83. The summed E-state index contributed by atoms with van der Waals surface area (Å²) in [5.74, 6) is 0.681. The van der Waals surface area contributed by atoms with Gasteiger partial charge < -0.3 is 4.74 Å². The molecule has 2 aromatic rings. The van der Waals surface area contributed by atoms with Crippen LogP contribution >= 0.6 is 0 Å². The second-order valence-electron chi connectivity index (χ2n) is 3.95. The van der Waals surface area contributed by atoms with Gasteiger partial charge in [0.1, 0.15) is 6.61 Å². The van der Waals surface area contributed by atoms with Crippen molar-refractivity contribution in [2.24, 2.45) is 0 Å². The van der Waals surface area contributed by atoms with Crippen molar-refractivity contribution in [2.75, 3.05) is 0 Å². The van der Waals surface area contributed by atoms with Gasteiger partial charge in [0.05, 0.1) is 0 Å². The lowest BCUT2D eigenvalue weighted by Crippen LogP contribution is -1.97. The van der Waals surface area contributed by atoms with Crippen LogP contribution in [-0.4, -0.2) is 4.98 Å². The molecule has 0 aliphatic carbocycles. The SMILES string of the molecule is Cc1ccc(COc2cc(C)ccn2)cc1. The minimum atomic E-state index is 0.566.